The minimum absolute atomic E-state index is 0.0440. The minimum atomic E-state index is -0.0440. The monoisotopic (exact) mass is 275 g/mol. The van der Waals surface area contributed by atoms with E-state index >= 15 is 0 Å². The summed E-state index contributed by atoms with van der Waals surface area (Å²) in [6, 6.07) is 10.8. The fraction of sp³-hybridized carbons (Fsp3) is 0.562. The van der Waals surface area contributed by atoms with Crippen molar-refractivity contribution in [3.8, 4) is 0 Å². The topological polar surface area (TPSA) is 35.6 Å². The van der Waals surface area contributed by atoms with E-state index in [-0.39, 0.29) is 11.9 Å². The molecule has 4 nitrogen and oxygen atoms in total. The van der Waals surface area contributed by atoms with Crippen molar-refractivity contribution in [3.63, 3.8) is 0 Å². The van der Waals surface area contributed by atoms with Crippen molar-refractivity contribution in [1.29, 1.82) is 0 Å². The van der Waals surface area contributed by atoms with Gasteiger partial charge in [-0.25, -0.2) is 0 Å². The van der Waals surface area contributed by atoms with E-state index in [0.717, 1.165) is 26.2 Å². The van der Waals surface area contributed by atoms with Gasteiger partial charge in [-0.15, -0.1) is 0 Å². The zero-order valence-electron chi connectivity index (χ0n) is 12.7. The summed E-state index contributed by atoms with van der Waals surface area (Å²) in [5.41, 5.74) is 1.31. The Bertz CT molecular complexity index is 433. The molecule has 0 saturated carbocycles. The SMILES string of the molecule is CNC(=O)[C@@H]1CN(Cc2ccccc2)CCN1C(C)C. The van der Waals surface area contributed by atoms with Crippen LogP contribution < -0.4 is 5.32 Å². The van der Waals surface area contributed by atoms with Crippen LogP contribution in [-0.4, -0.2) is 54.5 Å². The highest BCUT2D eigenvalue weighted by Gasteiger charge is 2.32. The molecule has 0 aliphatic carbocycles. The number of benzene rings is 1. The number of nitrogens with zero attached hydrogens (tertiary/aromatic N) is 2. The molecule has 0 bridgehead atoms. The van der Waals surface area contributed by atoms with E-state index in [2.05, 4.69) is 53.2 Å². The average Bonchev–Trinajstić information content (AvgIpc) is 2.47. The molecule has 4 heteroatoms. The fourth-order valence-electron chi connectivity index (χ4n) is 2.86. The van der Waals surface area contributed by atoms with Crippen molar-refractivity contribution in [1.82, 2.24) is 15.1 Å². The van der Waals surface area contributed by atoms with Crippen molar-refractivity contribution >= 4 is 5.91 Å². The van der Waals surface area contributed by atoms with Crippen LogP contribution in [0.1, 0.15) is 19.4 Å². The van der Waals surface area contributed by atoms with E-state index in [1.54, 1.807) is 7.05 Å². The lowest BCUT2D eigenvalue weighted by molar-refractivity contribution is -0.129. The smallest absolute Gasteiger partial charge is 0.238 e. The first-order valence-electron chi connectivity index (χ1n) is 7.35. The molecule has 1 aliphatic rings. The van der Waals surface area contributed by atoms with Crippen LogP contribution in [-0.2, 0) is 11.3 Å². The lowest BCUT2D eigenvalue weighted by Gasteiger charge is -2.42. The zero-order valence-corrected chi connectivity index (χ0v) is 12.7. The van der Waals surface area contributed by atoms with E-state index in [0.29, 0.717) is 6.04 Å². The number of nitrogens with one attached hydrogen (secondary N) is 1. The van der Waals surface area contributed by atoms with Crippen LogP contribution in [0.25, 0.3) is 0 Å². The first-order chi connectivity index (χ1) is 9.61. The Balaban J connectivity index is 2.03. The quantitative estimate of drug-likeness (QED) is 0.900. The van der Waals surface area contributed by atoms with Crippen molar-refractivity contribution in [3.05, 3.63) is 35.9 Å². The molecule has 1 aromatic carbocycles. The van der Waals surface area contributed by atoms with Gasteiger partial charge in [-0.05, 0) is 19.4 Å². The molecule has 1 saturated heterocycles. The van der Waals surface area contributed by atoms with Crippen LogP contribution in [0.5, 0.6) is 0 Å². The first kappa shape index (κ1) is 15.0. The maximum atomic E-state index is 12.1. The molecule has 1 amide bonds. The van der Waals surface area contributed by atoms with Crippen LogP contribution in [0, 0.1) is 0 Å². The van der Waals surface area contributed by atoms with Gasteiger partial charge in [0.15, 0.2) is 0 Å². The fourth-order valence-corrected chi connectivity index (χ4v) is 2.86. The Hall–Kier alpha value is -1.39. The van der Waals surface area contributed by atoms with Crippen LogP contribution in [0.2, 0.25) is 0 Å². The van der Waals surface area contributed by atoms with E-state index in [1.807, 2.05) is 6.07 Å². The third-order valence-electron chi connectivity index (χ3n) is 3.97. The van der Waals surface area contributed by atoms with E-state index < -0.39 is 0 Å². The zero-order chi connectivity index (χ0) is 14.5. The number of hydrogen-bond acceptors (Lipinski definition) is 3. The normalized spacial score (nSPS) is 21.1. The third kappa shape index (κ3) is 3.58. The van der Waals surface area contributed by atoms with Gasteiger partial charge in [0.2, 0.25) is 5.91 Å². The summed E-state index contributed by atoms with van der Waals surface area (Å²) in [4.78, 5) is 16.8. The molecule has 0 unspecified atom stereocenters. The lowest BCUT2D eigenvalue weighted by Crippen LogP contribution is -2.60. The highest BCUT2D eigenvalue weighted by Crippen LogP contribution is 2.16. The molecule has 0 radical (unpaired) electrons. The number of amides is 1. The standard InChI is InChI=1S/C16H25N3O/c1-13(2)19-10-9-18(12-15(19)16(20)17-3)11-14-7-5-4-6-8-14/h4-8,13,15H,9-12H2,1-3H3,(H,17,20)/t15-/m0/s1. The predicted octanol–water partition coefficient (Wildman–Crippen LogP) is 1.33. The maximum Gasteiger partial charge on any atom is 0.238 e. The van der Waals surface area contributed by atoms with Gasteiger partial charge in [-0.2, -0.15) is 0 Å². The average molecular weight is 275 g/mol. The summed E-state index contributed by atoms with van der Waals surface area (Å²) in [5, 5.41) is 2.80. The van der Waals surface area contributed by atoms with E-state index in [1.165, 1.54) is 5.56 Å². The summed E-state index contributed by atoms with van der Waals surface area (Å²) in [5.74, 6) is 0.122. The number of carbonyl (C=O) groups is 1. The summed E-state index contributed by atoms with van der Waals surface area (Å²) in [7, 11) is 1.72. The Labute approximate surface area is 121 Å². The van der Waals surface area contributed by atoms with E-state index in [9.17, 15) is 4.79 Å². The molecule has 110 valence electrons. The molecule has 20 heavy (non-hydrogen) atoms. The number of likely N-dealkylation sites (N-methyl/N-ethyl adjacent to an activating group) is 1. The summed E-state index contributed by atoms with van der Waals surface area (Å²) < 4.78 is 0. The predicted molar refractivity (Wildman–Crippen MR) is 81.4 cm³/mol. The first-order valence-corrected chi connectivity index (χ1v) is 7.35. The second-order valence-corrected chi connectivity index (χ2v) is 5.68. The molecule has 0 spiro atoms. The number of carbonyl (C=O) groups excluding carboxylic acids is 1. The Kier molecular flexibility index (Phi) is 5.15. The Morgan fingerprint density at radius 1 is 1.30 bits per heavy atom. The third-order valence-corrected chi connectivity index (χ3v) is 3.97. The highest BCUT2D eigenvalue weighted by molar-refractivity contribution is 5.81. The molecular weight excluding hydrogens is 250 g/mol. The second-order valence-electron chi connectivity index (χ2n) is 5.68. The van der Waals surface area contributed by atoms with Gasteiger partial charge in [0.1, 0.15) is 6.04 Å². The summed E-state index contributed by atoms with van der Waals surface area (Å²) >= 11 is 0. The molecule has 1 aliphatic heterocycles. The van der Waals surface area contributed by atoms with Crippen molar-refractivity contribution < 1.29 is 4.79 Å². The van der Waals surface area contributed by atoms with Crippen molar-refractivity contribution in [2.45, 2.75) is 32.5 Å². The second kappa shape index (κ2) is 6.86. The summed E-state index contributed by atoms with van der Waals surface area (Å²) in [6.45, 7) is 7.99. The largest absolute Gasteiger partial charge is 0.358 e. The minimum Gasteiger partial charge on any atom is -0.358 e. The Morgan fingerprint density at radius 2 is 2.00 bits per heavy atom. The van der Waals surface area contributed by atoms with Crippen LogP contribution in [0.4, 0.5) is 0 Å². The molecule has 0 aromatic heterocycles. The Morgan fingerprint density at radius 3 is 2.60 bits per heavy atom. The van der Waals surface area contributed by atoms with Crippen LogP contribution >= 0.6 is 0 Å². The molecule has 1 heterocycles. The van der Waals surface area contributed by atoms with Crippen molar-refractivity contribution in [2.75, 3.05) is 26.7 Å². The number of rotatable bonds is 4. The van der Waals surface area contributed by atoms with Gasteiger partial charge in [-0.3, -0.25) is 14.6 Å². The van der Waals surface area contributed by atoms with Crippen LogP contribution in [0.3, 0.4) is 0 Å². The molecule has 1 atom stereocenters. The molecule has 1 N–H and O–H groups in total. The summed E-state index contributed by atoms with van der Waals surface area (Å²) in [6.07, 6.45) is 0. The van der Waals surface area contributed by atoms with Gasteiger partial charge in [0.25, 0.3) is 0 Å². The van der Waals surface area contributed by atoms with Gasteiger partial charge < -0.3 is 5.32 Å². The molecular formula is C16H25N3O. The van der Waals surface area contributed by atoms with Crippen LogP contribution in [0.15, 0.2) is 30.3 Å². The molecule has 1 aromatic rings. The molecule has 1 fully saturated rings. The van der Waals surface area contributed by atoms with Gasteiger partial charge in [0.05, 0.1) is 0 Å². The highest BCUT2D eigenvalue weighted by atomic mass is 16.2. The van der Waals surface area contributed by atoms with Gasteiger partial charge in [0, 0.05) is 39.3 Å². The van der Waals surface area contributed by atoms with Crippen molar-refractivity contribution in [2.24, 2.45) is 0 Å². The number of piperazine rings is 1. The van der Waals surface area contributed by atoms with Gasteiger partial charge >= 0.3 is 0 Å². The lowest BCUT2D eigenvalue weighted by atomic mass is 10.1. The number of hydrogen-bond donors (Lipinski definition) is 1. The van der Waals surface area contributed by atoms with E-state index in [4.69, 9.17) is 0 Å². The molecule has 2 rings (SSSR count). The maximum absolute atomic E-state index is 12.1. The van der Waals surface area contributed by atoms with Gasteiger partial charge in [-0.1, -0.05) is 30.3 Å².